The Morgan fingerprint density at radius 1 is 1.00 bits per heavy atom. The summed E-state index contributed by atoms with van der Waals surface area (Å²) in [5, 5.41) is 13.5. The maximum Gasteiger partial charge on any atom is 0.0474 e. The number of rotatable bonds is 3. The molecule has 0 saturated heterocycles. The second-order valence-corrected chi connectivity index (χ2v) is 6.50. The summed E-state index contributed by atoms with van der Waals surface area (Å²) in [6.45, 7) is 0.339. The summed E-state index contributed by atoms with van der Waals surface area (Å²) in [4.78, 5) is 0. The van der Waals surface area contributed by atoms with Crippen LogP contribution in [0.5, 0.6) is 0 Å². The van der Waals surface area contributed by atoms with Gasteiger partial charge in [0.05, 0.1) is 0 Å². The van der Waals surface area contributed by atoms with Gasteiger partial charge in [0.25, 0.3) is 0 Å². The van der Waals surface area contributed by atoms with Crippen LogP contribution in [-0.4, -0.2) is 17.8 Å². The number of aliphatic hydroxyl groups is 1. The van der Waals surface area contributed by atoms with Gasteiger partial charge in [0, 0.05) is 18.7 Å². The van der Waals surface area contributed by atoms with E-state index < -0.39 is 0 Å². The number of hydrogen-bond donors (Lipinski definition) is 2. The molecule has 0 amide bonds. The van der Waals surface area contributed by atoms with Crippen molar-refractivity contribution in [3.05, 3.63) is 35.4 Å². The van der Waals surface area contributed by atoms with Gasteiger partial charge in [-0.3, -0.25) is 0 Å². The van der Waals surface area contributed by atoms with Gasteiger partial charge < -0.3 is 10.4 Å². The lowest BCUT2D eigenvalue weighted by atomic mass is 9.84. The van der Waals surface area contributed by atoms with E-state index in [1.807, 2.05) is 0 Å². The lowest BCUT2D eigenvalue weighted by Crippen LogP contribution is -2.42. The van der Waals surface area contributed by atoms with Crippen molar-refractivity contribution < 1.29 is 5.11 Å². The van der Waals surface area contributed by atoms with Crippen molar-refractivity contribution >= 4 is 0 Å². The summed E-state index contributed by atoms with van der Waals surface area (Å²) < 4.78 is 0. The summed E-state index contributed by atoms with van der Waals surface area (Å²) in [6, 6.07) is 9.92. The molecule has 1 fully saturated rings. The van der Waals surface area contributed by atoms with Crippen molar-refractivity contribution in [1.29, 1.82) is 0 Å². The monoisotopic (exact) mass is 273 g/mol. The molecule has 2 heteroatoms. The molecule has 110 valence electrons. The van der Waals surface area contributed by atoms with Crippen LogP contribution in [-0.2, 0) is 6.42 Å². The van der Waals surface area contributed by atoms with Gasteiger partial charge in [0.15, 0.2) is 0 Å². The normalized spacial score (nSPS) is 30.6. The van der Waals surface area contributed by atoms with Gasteiger partial charge in [-0.05, 0) is 49.1 Å². The van der Waals surface area contributed by atoms with E-state index in [-0.39, 0.29) is 0 Å². The van der Waals surface area contributed by atoms with E-state index in [9.17, 15) is 5.11 Å². The van der Waals surface area contributed by atoms with Crippen molar-refractivity contribution in [3.63, 3.8) is 0 Å². The molecule has 0 spiro atoms. The third-order valence-electron chi connectivity index (χ3n) is 5.18. The predicted octanol–water partition coefficient (Wildman–Crippen LogP) is 3.59. The van der Waals surface area contributed by atoms with Crippen LogP contribution in [0.2, 0.25) is 0 Å². The Morgan fingerprint density at radius 3 is 2.70 bits per heavy atom. The fraction of sp³-hybridized carbons (Fsp3) is 0.667. The van der Waals surface area contributed by atoms with E-state index in [2.05, 4.69) is 29.6 Å². The molecule has 0 aromatic heterocycles. The lowest BCUT2D eigenvalue weighted by Gasteiger charge is -2.34. The second kappa shape index (κ2) is 6.73. The van der Waals surface area contributed by atoms with E-state index in [1.54, 1.807) is 0 Å². The lowest BCUT2D eigenvalue weighted by molar-refractivity contribution is 0.144. The first-order chi connectivity index (χ1) is 9.88. The minimum Gasteiger partial charge on any atom is -0.396 e. The summed E-state index contributed by atoms with van der Waals surface area (Å²) in [6.07, 6.45) is 10.1. The highest BCUT2D eigenvalue weighted by atomic mass is 16.3. The molecule has 2 nitrogen and oxygen atoms in total. The molecule has 0 bridgehead atoms. The Morgan fingerprint density at radius 2 is 1.80 bits per heavy atom. The minimum atomic E-state index is 0.339. The summed E-state index contributed by atoms with van der Waals surface area (Å²) in [7, 11) is 0. The third kappa shape index (κ3) is 3.07. The van der Waals surface area contributed by atoms with Crippen molar-refractivity contribution in [2.45, 2.75) is 63.5 Å². The van der Waals surface area contributed by atoms with Crippen LogP contribution in [0.25, 0.3) is 0 Å². The highest BCUT2D eigenvalue weighted by Crippen LogP contribution is 2.32. The molecule has 0 radical (unpaired) electrons. The van der Waals surface area contributed by atoms with Crippen LogP contribution in [0.15, 0.2) is 24.3 Å². The molecule has 3 unspecified atom stereocenters. The quantitative estimate of drug-likeness (QED) is 0.825. The van der Waals surface area contributed by atoms with Crippen molar-refractivity contribution in [2.75, 3.05) is 6.61 Å². The average Bonchev–Trinajstić information content (AvgIpc) is 2.71. The van der Waals surface area contributed by atoms with Gasteiger partial charge in [0.2, 0.25) is 0 Å². The molecular formula is C18H27NO. The fourth-order valence-corrected chi connectivity index (χ4v) is 4.00. The molecule has 3 atom stereocenters. The molecule has 20 heavy (non-hydrogen) atoms. The average molecular weight is 273 g/mol. The largest absolute Gasteiger partial charge is 0.396 e. The summed E-state index contributed by atoms with van der Waals surface area (Å²) >= 11 is 0. The fourth-order valence-electron chi connectivity index (χ4n) is 4.00. The molecule has 2 N–H and O–H groups in total. The van der Waals surface area contributed by atoms with Crippen LogP contribution in [0, 0.1) is 5.92 Å². The molecule has 0 heterocycles. The zero-order valence-electron chi connectivity index (χ0n) is 12.4. The maximum absolute atomic E-state index is 9.60. The topological polar surface area (TPSA) is 32.3 Å². The SMILES string of the molecule is OCC1CCCCC1NC1CCCCc2ccccc21. The standard InChI is InChI=1S/C18H27NO/c20-13-15-9-3-5-11-17(15)19-18-12-6-2-8-14-7-1-4-10-16(14)18/h1,4,7,10,15,17-20H,2-3,5-6,8-9,11-13H2. The second-order valence-electron chi connectivity index (χ2n) is 6.50. The number of aryl methyl sites for hydroxylation is 1. The van der Waals surface area contributed by atoms with E-state index in [4.69, 9.17) is 0 Å². The Hall–Kier alpha value is -0.860. The molecule has 1 aromatic carbocycles. The van der Waals surface area contributed by atoms with E-state index in [0.29, 0.717) is 24.6 Å². The van der Waals surface area contributed by atoms with Crippen LogP contribution in [0.1, 0.15) is 62.1 Å². The predicted molar refractivity (Wildman–Crippen MR) is 82.7 cm³/mol. The summed E-state index contributed by atoms with van der Waals surface area (Å²) in [5.74, 6) is 0.458. The number of benzene rings is 1. The summed E-state index contributed by atoms with van der Waals surface area (Å²) in [5.41, 5.74) is 3.03. The molecule has 1 aromatic rings. The Bertz CT molecular complexity index is 431. The van der Waals surface area contributed by atoms with Crippen molar-refractivity contribution in [3.8, 4) is 0 Å². The first kappa shape index (κ1) is 14.1. The van der Waals surface area contributed by atoms with Gasteiger partial charge in [0.1, 0.15) is 0 Å². The van der Waals surface area contributed by atoms with E-state index >= 15 is 0 Å². The molecule has 1 saturated carbocycles. The Balaban J connectivity index is 1.76. The van der Waals surface area contributed by atoms with Crippen LogP contribution >= 0.6 is 0 Å². The van der Waals surface area contributed by atoms with Gasteiger partial charge in [-0.15, -0.1) is 0 Å². The highest BCUT2D eigenvalue weighted by Gasteiger charge is 2.28. The van der Waals surface area contributed by atoms with Gasteiger partial charge in [-0.1, -0.05) is 43.5 Å². The number of aliphatic hydroxyl groups excluding tert-OH is 1. The first-order valence-corrected chi connectivity index (χ1v) is 8.33. The van der Waals surface area contributed by atoms with Crippen molar-refractivity contribution in [2.24, 2.45) is 5.92 Å². The molecule has 2 aliphatic carbocycles. The first-order valence-electron chi connectivity index (χ1n) is 8.33. The van der Waals surface area contributed by atoms with E-state index in [0.717, 1.165) is 0 Å². The van der Waals surface area contributed by atoms with Crippen LogP contribution < -0.4 is 5.32 Å². The highest BCUT2D eigenvalue weighted by molar-refractivity contribution is 5.31. The van der Waals surface area contributed by atoms with Crippen LogP contribution in [0.3, 0.4) is 0 Å². The molecular weight excluding hydrogens is 246 g/mol. The van der Waals surface area contributed by atoms with Crippen LogP contribution in [0.4, 0.5) is 0 Å². The third-order valence-corrected chi connectivity index (χ3v) is 5.18. The number of nitrogens with one attached hydrogen (secondary N) is 1. The van der Waals surface area contributed by atoms with E-state index in [1.165, 1.54) is 62.5 Å². The maximum atomic E-state index is 9.60. The Kier molecular flexibility index (Phi) is 4.74. The zero-order chi connectivity index (χ0) is 13.8. The molecule has 3 rings (SSSR count). The minimum absolute atomic E-state index is 0.339. The Labute approximate surface area is 122 Å². The number of hydrogen-bond acceptors (Lipinski definition) is 2. The van der Waals surface area contributed by atoms with Gasteiger partial charge >= 0.3 is 0 Å². The number of fused-ring (bicyclic) bond motifs is 1. The zero-order valence-corrected chi connectivity index (χ0v) is 12.4. The smallest absolute Gasteiger partial charge is 0.0474 e. The van der Waals surface area contributed by atoms with Gasteiger partial charge in [-0.2, -0.15) is 0 Å². The van der Waals surface area contributed by atoms with Crippen molar-refractivity contribution in [1.82, 2.24) is 5.32 Å². The molecule has 0 aliphatic heterocycles. The van der Waals surface area contributed by atoms with Gasteiger partial charge in [-0.25, -0.2) is 0 Å². The molecule has 2 aliphatic rings.